The molecule has 0 amide bonds. The number of hydrogen-bond donors (Lipinski definition) is 3. The molecule has 2 fully saturated rings. The molecule has 9 heteroatoms. The minimum Gasteiger partial charge on any atom is -0.396 e. The van der Waals surface area contributed by atoms with Gasteiger partial charge < -0.3 is 20.5 Å². The van der Waals surface area contributed by atoms with E-state index < -0.39 is 0 Å². The highest BCUT2D eigenvalue weighted by atomic mass is 32.1. The smallest absolute Gasteiger partial charge is 0.224 e. The zero-order valence-electron chi connectivity index (χ0n) is 19.3. The first kappa shape index (κ1) is 22.4. The van der Waals surface area contributed by atoms with E-state index in [0.717, 1.165) is 57.3 Å². The lowest BCUT2D eigenvalue weighted by Crippen LogP contribution is -2.20. The number of nitrogens with one attached hydrogen (secondary N) is 2. The van der Waals surface area contributed by atoms with Gasteiger partial charge in [0.15, 0.2) is 0 Å². The standard InChI is InChI=1S/C24H32N6O2S/c1-3-32-11-10-26-24-27-14(2)19(22(30-24)28-17-7-4-15(12-17)13-31)23-29-21-18(33-23)8-9-25-20(21)16-5-6-16/h8-9,15-17,31H,3-7,10-13H2,1-2H3,(H2,26,27,28,30). The van der Waals surface area contributed by atoms with Crippen molar-refractivity contribution in [3.63, 3.8) is 0 Å². The van der Waals surface area contributed by atoms with Crippen LogP contribution in [-0.2, 0) is 4.74 Å². The molecule has 33 heavy (non-hydrogen) atoms. The first-order valence-electron chi connectivity index (χ1n) is 12.0. The second-order valence-electron chi connectivity index (χ2n) is 9.02. The molecule has 2 atom stereocenters. The molecule has 2 aliphatic rings. The van der Waals surface area contributed by atoms with Crippen LogP contribution in [-0.4, -0.2) is 57.4 Å². The van der Waals surface area contributed by atoms with E-state index in [2.05, 4.69) is 21.7 Å². The molecule has 0 aromatic carbocycles. The van der Waals surface area contributed by atoms with E-state index in [9.17, 15) is 5.11 Å². The van der Waals surface area contributed by atoms with Gasteiger partial charge in [-0.05, 0) is 57.9 Å². The number of rotatable bonds is 10. The lowest BCUT2D eigenvalue weighted by Gasteiger charge is -2.18. The maximum atomic E-state index is 9.58. The lowest BCUT2D eigenvalue weighted by atomic mass is 10.1. The molecule has 0 spiro atoms. The average molecular weight is 469 g/mol. The Kier molecular flexibility index (Phi) is 6.71. The van der Waals surface area contributed by atoms with Crippen LogP contribution in [0.3, 0.4) is 0 Å². The maximum absolute atomic E-state index is 9.58. The Bertz CT molecular complexity index is 1120. The number of thiazole rings is 1. The van der Waals surface area contributed by atoms with Crippen LogP contribution in [0.2, 0.25) is 0 Å². The highest BCUT2D eigenvalue weighted by molar-refractivity contribution is 7.21. The first-order valence-corrected chi connectivity index (χ1v) is 12.8. The first-order chi connectivity index (χ1) is 16.2. The zero-order valence-corrected chi connectivity index (χ0v) is 20.1. The largest absolute Gasteiger partial charge is 0.396 e. The summed E-state index contributed by atoms with van der Waals surface area (Å²) in [5.74, 6) is 2.30. The van der Waals surface area contributed by atoms with Crippen LogP contribution in [0.5, 0.6) is 0 Å². The number of aromatic nitrogens is 4. The molecule has 0 saturated heterocycles. The Morgan fingerprint density at radius 1 is 1.18 bits per heavy atom. The zero-order chi connectivity index (χ0) is 22.8. The summed E-state index contributed by atoms with van der Waals surface area (Å²) in [6.45, 7) is 6.20. The summed E-state index contributed by atoms with van der Waals surface area (Å²) in [4.78, 5) is 19.3. The fourth-order valence-corrected chi connectivity index (χ4v) is 5.66. The van der Waals surface area contributed by atoms with Crippen molar-refractivity contribution in [2.24, 2.45) is 5.92 Å². The van der Waals surface area contributed by atoms with E-state index in [-0.39, 0.29) is 12.6 Å². The summed E-state index contributed by atoms with van der Waals surface area (Å²) in [5, 5.41) is 17.5. The normalized spacial score (nSPS) is 20.5. The topological polar surface area (TPSA) is 105 Å². The van der Waals surface area contributed by atoms with Crippen LogP contribution in [0.1, 0.15) is 56.3 Å². The summed E-state index contributed by atoms with van der Waals surface area (Å²) in [7, 11) is 0. The van der Waals surface area contributed by atoms with Crippen molar-refractivity contribution in [1.29, 1.82) is 0 Å². The van der Waals surface area contributed by atoms with Crippen molar-refractivity contribution >= 4 is 33.3 Å². The van der Waals surface area contributed by atoms with Gasteiger partial charge in [-0.1, -0.05) is 0 Å². The third-order valence-electron chi connectivity index (χ3n) is 6.48. The Morgan fingerprint density at radius 2 is 2.06 bits per heavy atom. The quantitative estimate of drug-likeness (QED) is 0.377. The van der Waals surface area contributed by atoms with Gasteiger partial charge >= 0.3 is 0 Å². The van der Waals surface area contributed by atoms with Gasteiger partial charge in [-0.3, -0.25) is 4.98 Å². The minimum absolute atomic E-state index is 0.243. The fourth-order valence-electron chi connectivity index (χ4n) is 4.59. The molecular formula is C24H32N6O2S. The van der Waals surface area contributed by atoms with E-state index in [1.165, 1.54) is 12.8 Å². The SMILES string of the molecule is CCOCCNc1nc(C)c(-c2nc3c(C4CC4)nccc3s2)c(NC2CCC(CO)C2)n1. The van der Waals surface area contributed by atoms with Crippen molar-refractivity contribution < 1.29 is 9.84 Å². The molecule has 3 aromatic heterocycles. The highest BCUT2D eigenvalue weighted by Crippen LogP contribution is 2.44. The predicted molar refractivity (Wildman–Crippen MR) is 132 cm³/mol. The van der Waals surface area contributed by atoms with Crippen LogP contribution >= 0.6 is 11.3 Å². The average Bonchev–Trinajstić information content (AvgIpc) is 3.40. The van der Waals surface area contributed by atoms with Crippen molar-refractivity contribution in [2.75, 3.05) is 37.0 Å². The van der Waals surface area contributed by atoms with E-state index in [4.69, 9.17) is 19.7 Å². The number of nitrogens with zero attached hydrogens (tertiary/aromatic N) is 4. The van der Waals surface area contributed by atoms with Gasteiger partial charge in [0.05, 0.1) is 28.3 Å². The molecule has 3 N–H and O–H groups in total. The Morgan fingerprint density at radius 3 is 2.82 bits per heavy atom. The van der Waals surface area contributed by atoms with Crippen molar-refractivity contribution in [3.8, 4) is 10.6 Å². The van der Waals surface area contributed by atoms with Gasteiger partial charge in [-0.2, -0.15) is 4.98 Å². The summed E-state index contributed by atoms with van der Waals surface area (Å²) in [6, 6.07) is 2.34. The Balaban J connectivity index is 1.49. The third kappa shape index (κ3) is 4.95. The monoisotopic (exact) mass is 468 g/mol. The molecular weight excluding hydrogens is 436 g/mol. The number of aliphatic hydroxyl groups is 1. The fraction of sp³-hybridized carbons (Fsp3) is 0.583. The van der Waals surface area contributed by atoms with Gasteiger partial charge in [-0.25, -0.2) is 9.97 Å². The molecule has 2 unspecified atom stereocenters. The van der Waals surface area contributed by atoms with Gasteiger partial charge in [0, 0.05) is 37.9 Å². The third-order valence-corrected chi connectivity index (χ3v) is 7.52. The molecule has 2 saturated carbocycles. The van der Waals surface area contributed by atoms with Crippen LogP contribution in [0.4, 0.5) is 11.8 Å². The molecule has 176 valence electrons. The summed E-state index contributed by atoms with van der Waals surface area (Å²) < 4.78 is 6.60. The van der Waals surface area contributed by atoms with Crippen molar-refractivity contribution in [1.82, 2.24) is 19.9 Å². The molecule has 8 nitrogen and oxygen atoms in total. The second-order valence-corrected chi connectivity index (χ2v) is 10.0. The van der Waals surface area contributed by atoms with Crippen LogP contribution in [0, 0.1) is 12.8 Å². The molecule has 0 aliphatic heterocycles. The Hall–Kier alpha value is -2.36. The van der Waals surface area contributed by atoms with Gasteiger partial charge in [0.25, 0.3) is 0 Å². The van der Waals surface area contributed by atoms with E-state index in [1.54, 1.807) is 11.3 Å². The maximum Gasteiger partial charge on any atom is 0.224 e. The van der Waals surface area contributed by atoms with Gasteiger partial charge in [-0.15, -0.1) is 11.3 Å². The van der Waals surface area contributed by atoms with Crippen LogP contribution in [0.15, 0.2) is 12.3 Å². The summed E-state index contributed by atoms with van der Waals surface area (Å²) >= 11 is 1.68. The van der Waals surface area contributed by atoms with E-state index in [1.807, 2.05) is 20.0 Å². The number of fused-ring (bicyclic) bond motifs is 1. The van der Waals surface area contributed by atoms with Gasteiger partial charge in [0.1, 0.15) is 16.3 Å². The molecule has 5 rings (SSSR count). The molecule has 3 aromatic rings. The molecule has 2 aliphatic carbocycles. The number of hydrogen-bond acceptors (Lipinski definition) is 9. The second kappa shape index (κ2) is 9.87. The number of aryl methyl sites for hydroxylation is 1. The minimum atomic E-state index is 0.243. The van der Waals surface area contributed by atoms with Crippen molar-refractivity contribution in [3.05, 3.63) is 23.7 Å². The van der Waals surface area contributed by atoms with E-state index in [0.29, 0.717) is 37.5 Å². The number of pyridine rings is 1. The van der Waals surface area contributed by atoms with E-state index >= 15 is 0 Å². The number of ether oxygens (including phenoxy) is 1. The number of aliphatic hydroxyl groups excluding tert-OH is 1. The number of anilines is 2. The molecule has 3 heterocycles. The summed E-state index contributed by atoms with van der Waals surface area (Å²) in [5.41, 5.74) is 3.99. The predicted octanol–water partition coefficient (Wildman–Crippen LogP) is 4.36. The molecule has 0 radical (unpaired) electrons. The van der Waals surface area contributed by atoms with Crippen LogP contribution in [0.25, 0.3) is 20.8 Å². The van der Waals surface area contributed by atoms with Crippen molar-refractivity contribution in [2.45, 2.75) is 57.9 Å². The van der Waals surface area contributed by atoms with Gasteiger partial charge in [0.2, 0.25) is 5.95 Å². The van der Waals surface area contributed by atoms with Crippen LogP contribution < -0.4 is 10.6 Å². The summed E-state index contributed by atoms with van der Waals surface area (Å²) in [6.07, 6.45) is 7.30. The molecule has 0 bridgehead atoms. The highest BCUT2D eigenvalue weighted by Gasteiger charge is 2.30. The lowest BCUT2D eigenvalue weighted by molar-refractivity contribution is 0.158. The Labute approximate surface area is 198 Å².